The SMILES string of the molecule is CCCCNc1nc(N)nc2cn(Cc3ccc(N4CCN(C(=O)CCCCNC)CC4)cc3OC)nc12. The summed E-state index contributed by atoms with van der Waals surface area (Å²) in [5, 5.41) is 11.2. The summed E-state index contributed by atoms with van der Waals surface area (Å²) < 4.78 is 7.61. The molecule has 206 valence electrons. The number of ether oxygens (including phenoxy) is 1. The lowest BCUT2D eigenvalue weighted by Gasteiger charge is -2.36. The molecule has 0 aliphatic carbocycles. The van der Waals surface area contributed by atoms with Gasteiger partial charge in [-0.15, -0.1) is 0 Å². The molecule has 1 fully saturated rings. The van der Waals surface area contributed by atoms with Crippen molar-refractivity contribution in [3.8, 4) is 5.75 Å². The highest BCUT2D eigenvalue weighted by molar-refractivity contribution is 5.85. The van der Waals surface area contributed by atoms with Crippen molar-refractivity contribution in [3.63, 3.8) is 0 Å². The number of nitrogens with zero attached hydrogens (tertiary/aromatic N) is 6. The van der Waals surface area contributed by atoms with Crippen LogP contribution in [0.15, 0.2) is 24.4 Å². The van der Waals surface area contributed by atoms with Crippen molar-refractivity contribution in [3.05, 3.63) is 30.0 Å². The summed E-state index contributed by atoms with van der Waals surface area (Å²) in [5.41, 5.74) is 9.46. The molecule has 3 aromatic rings. The third kappa shape index (κ3) is 6.83. The van der Waals surface area contributed by atoms with Crippen LogP contribution in [0.3, 0.4) is 0 Å². The van der Waals surface area contributed by atoms with Gasteiger partial charge in [0.15, 0.2) is 11.3 Å². The van der Waals surface area contributed by atoms with E-state index in [2.05, 4.69) is 50.6 Å². The smallest absolute Gasteiger partial charge is 0.222 e. The number of methoxy groups -OCH3 is 1. The molecule has 1 aliphatic heterocycles. The van der Waals surface area contributed by atoms with Crippen molar-refractivity contribution in [2.45, 2.75) is 45.6 Å². The molecular weight excluding hydrogens is 482 g/mol. The average molecular weight is 524 g/mol. The Balaban J connectivity index is 1.40. The molecule has 11 nitrogen and oxygen atoms in total. The number of nitrogens with one attached hydrogen (secondary N) is 2. The lowest BCUT2D eigenvalue weighted by atomic mass is 10.1. The minimum atomic E-state index is 0.230. The molecule has 0 atom stereocenters. The van der Waals surface area contributed by atoms with Gasteiger partial charge in [0.1, 0.15) is 11.3 Å². The molecule has 1 amide bonds. The Hall–Kier alpha value is -3.60. The number of fused-ring (bicyclic) bond motifs is 1. The molecule has 3 heterocycles. The van der Waals surface area contributed by atoms with E-state index in [-0.39, 0.29) is 11.9 Å². The highest BCUT2D eigenvalue weighted by Crippen LogP contribution is 2.28. The number of anilines is 3. The summed E-state index contributed by atoms with van der Waals surface area (Å²) in [5.74, 6) is 1.96. The van der Waals surface area contributed by atoms with Gasteiger partial charge >= 0.3 is 0 Å². The number of carbonyl (C=O) groups excluding carboxylic acids is 1. The number of rotatable bonds is 13. The molecule has 0 unspecified atom stereocenters. The van der Waals surface area contributed by atoms with Gasteiger partial charge in [-0.2, -0.15) is 10.1 Å². The quantitative estimate of drug-likeness (QED) is 0.290. The summed E-state index contributed by atoms with van der Waals surface area (Å²) in [4.78, 5) is 25.5. The molecule has 38 heavy (non-hydrogen) atoms. The van der Waals surface area contributed by atoms with Crippen LogP contribution in [-0.2, 0) is 11.3 Å². The second kappa shape index (κ2) is 13.3. The van der Waals surface area contributed by atoms with E-state index in [9.17, 15) is 4.79 Å². The number of nitrogen functional groups attached to an aromatic ring is 1. The van der Waals surface area contributed by atoms with Crippen LogP contribution < -0.4 is 26.0 Å². The molecule has 2 aromatic heterocycles. The maximum atomic E-state index is 12.5. The second-order valence-electron chi connectivity index (χ2n) is 9.70. The summed E-state index contributed by atoms with van der Waals surface area (Å²) in [7, 11) is 3.63. The molecule has 1 saturated heterocycles. The van der Waals surface area contributed by atoms with Gasteiger partial charge in [0.25, 0.3) is 0 Å². The summed E-state index contributed by atoms with van der Waals surface area (Å²) in [6.45, 7) is 7.55. The summed E-state index contributed by atoms with van der Waals surface area (Å²) in [6, 6.07) is 6.27. The number of amides is 1. The number of aromatic nitrogens is 4. The molecular formula is C27H41N9O2. The fourth-order valence-corrected chi connectivity index (χ4v) is 4.75. The molecule has 0 saturated carbocycles. The molecule has 0 spiro atoms. The fourth-order valence-electron chi connectivity index (χ4n) is 4.75. The Labute approximate surface area is 224 Å². The van der Waals surface area contributed by atoms with Gasteiger partial charge in [-0.05, 0) is 38.9 Å². The third-order valence-electron chi connectivity index (χ3n) is 6.92. The van der Waals surface area contributed by atoms with Crippen LogP contribution in [0.2, 0.25) is 0 Å². The van der Waals surface area contributed by atoms with E-state index >= 15 is 0 Å². The zero-order chi connectivity index (χ0) is 26.9. The molecule has 1 aromatic carbocycles. The first-order valence-electron chi connectivity index (χ1n) is 13.6. The first kappa shape index (κ1) is 27.4. The van der Waals surface area contributed by atoms with E-state index in [4.69, 9.17) is 15.6 Å². The number of hydrogen-bond acceptors (Lipinski definition) is 9. The first-order valence-corrected chi connectivity index (χ1v) is 13.6. The van der Waals surface area contributed by atoms with E-state index in [0.717, 1.165) is 82.0 Å². The van der Waals surface area contributed by atoms with Gasteiger partial charge in [-0.3, -0.25) is 9.48 Å². The Morgan fingerprint density at radius 1 is 1.11 bits per heavy atom. The van der Waals surface area contributed by atoms with Crippen molar-refractivity contribution in [1.29, 1.82) is 0 Å². The maximum Gasteiger partial charge on any atom is 0.222 e. The predicted octanol–water partition coefficient (Wildman–Crippen LogP) is 2.72. The van der Waals surface area contributed by atoms with Crippen LogP contribution in [0, 0.1) is 0 Å². The zero-order valence-corrected chi connectivity index (χ0v) is 22.9. The van der Waals surface area contributed by atoms with Crippen molar-refractivity contribution >= 4 is 34.4 Å². The highest BCUT2D eigenvalue weighted by atomic mass is 16.5. The van der Waals surface area contributed by atoms with Crippen LogP contribution >= 0.6 is 0 Å². The van der Waals surface area contributed by atoms with Gasteiger partial charge in [0.05, 0.1) is 19.9 Å². The summed E-state index contributed by atoms with van der Waals surface area (Å²) in [6.07, 6.45) is 6.61. The first-order chi connectivity index (χ1) is 18.5. The molecule has 4 N–H and O–H groups in total. The second-order valence-corrected chi connectivity index (χ2v) is 9.70. The average Bonchev–Trinajstić information content (AvgIpc) is 3.33. The molecule has 1 aliphatic rings. The predicted molar refractivity (Wildman–Crippen MR) is 152 cm³/mol. The van der Waals surface area contributed by atoms with E-state index in [1.807, 2.05) is 22.8 Å². The van der Waals surface area contributed by atoms with E-state index in [0.29, 0.717) is 29.8 Å². The molecule has 4 rings (SSSR count). The standard InChI is InChI=1S/C27H41N9O2/c1-4-5-12-30-26-25-22(31-27(28)32-26)19-36(33-25)18-20-9-10-21(17-23(20)38-3)34-13-15-35(16-14-34)24(37)8-6-7-11-29-2/h9-10,17,19,29H,4-8,11-16,18H2,1-3H3,(H3,28,30,31,32). The van der Waals surface area contributed by atoms with Gasteiger partial charge in [0, 0.05) is 56.5 Å². The maximum absolute atomic E-state index is 12.5. The van der Waals surface area contributed by atoms with Crippen molar-refractivity contribution < 1.29 is 9.53 Å². The van der Waals surface area contributed by atoms with Gasteiger partial charge < -0.3 is 30.9 Å². The van der Waals surface area contributed by atoms with Gasteiger partial charge in [0.2, 0.25) is 11.9 Å². The van der Waals surface area contributed by atoms with Crippen LogP contribution in [0.5, 0.6) is 5.75 Å². The van der Waals surface area contributed by atoms with Crippen molar-refractivity contribution in [2.75, 3.05) is 69.4 Å². The lowest BCUT2D eigenvalue weighted by molar-refractivity contribution is -0.131. The van der Waals surface area contributed by atoms with Gasteiger partial charge in [-0.1, -0.05) is 19.4 Å². The third-order valence-corrected chi connectivity index (χ3v) is 6.92. The van der Waals surface area contributed by atoms with Gasteiger partial charge in [-0.25, -0.2) is 4.98 Å². The Bertz CT molecular complexity index is 1200. The number of unbranched alkanes of at least 4 members (excludes halogenated alkanes) is 2. The monoisotopic (exact) mass is 523 g/mol. The number of carbonyl (C=O) groups is 1. The lowest BCUT2D eigenvalue weighted by Crippen LogP contribution is -2.48. The molecule has 11 heteroatoms. The normalized spacial score (nSPS) is 13.8. The van der Waals surface area contributed by atoms with Crippen LogP contribution in [-0.4, -0.2) is 84.0 Å². The van der Waals surface area contributed by atoms with E-state index in [1.165, 1.54) is 0 Å². The van der Waals surface area contributed by atoms with Crippen LogP contribution in [0.25, 0.3) is 11.0 Å². The van der Waals surface area contributed by atoms with E-state index in [1.54, 1.807) is 7.11 Å². The molecule has 0 radical (unpaired) electrons. The summed E-state index contributed by atoms with van der Waals surface area (Å²) >= 11 is 0. The van der Waals surface area contributed by atoms with Crippen molar-refractivity contribution in [2.24, 2.45) is 0 Å². The highest BCUT2D eigenvalue weighted by Gasteiger charge is 2.22. The van der Waals surface area contributed by atoms with Crippen molar-refractivity contribution in [1.82, 2.24) is 30.0 Å². The topological polar surface area (TPSA) is 126 Å². The van der Waals surface area contributed by atoms with Crippen LogP contribution in [0.1, 0.15) is 44.6 Å². The fraction of sp³-hybridized carbons (Fsp3) is 0.556. The van der Waals surface area contributed by atoms with E-state index < -0.39 is 0 Å². The minimum absolute atomic E-state index is 0.230. The zero-order valence-electron chi connectivity index (χ0n) is 22.9. The van der Waals surface area contributed by atoms with Crippen LogP contribution in [0.4, 0.5) is 17.5 Å². The molecule has 0 bridgehead atoms. The number of benzene rings is 1. The Kier molecular flexibility index (Phi) is 9.58. The number of piperazine rings is 1. The largest absolute Gasteiger partial charge is 0.496 e. The Morgan fingerprint density at radius 2 is 1.92 bits per heavy atom. The minimum Gasteiger partial charge on any atom is -0.496 e. The number of hydrogen-bond donors (Lipinski definition) is 3. The number of nitrogens with two attached hydrogens (primary N) is 1. The Morgan fingerprint density at radius 3 is 2.66 bits per heavy atom.